The van der Waals surface area contributed by atoms with Crippen molar-refractivity contribution >= 4 is 28.1 Å². The minimum Gasteiger partial charge on any atom is -0.314 e. The third-order valence-corrected chi connectivity index (χ3v) is 6.76. The molecule has 0 fully saturated rings. The summed E-state index contributed by atoms with van der Waals surface area (Å²) in [7, 11) is -3.67. The Morgan fingerprint density at radius 1 is 1.14 bits per heavy atom. The standard InChI is InChI=1S/C22H29FN2O2S.ClH/c1-3-12-24-20-8-4-19-14-21(9-5-18(19)13-20)25-28(26,27)22-10-6-17(7-11-22)16(2)15-23;/h5-7,9-11,14,16,20,24-25H,3-4,8,12-13,15H2,1-2H3;1H/t16-,20-;/m0./s1. The Morgan fingerprint density at radius 2 is 1.86 bits per heavy atom. The van der Waals surface area contributed by atoms with Crippen molar-refractivity contribution in [3.8, 4) is 0 Å². The van der Waals surface area contributed by atoms with Crippen LogP contribution in [0.5, 0.6) is 0 Å². The molecule has 0 saturated carbocycles. The molecule has 160 valence electrons. The highest BCUT2D eigenvalue weighted by Crippen LogP contribution is 2.26. The molecule has 0 radical (unpaired) electrons. The van der Waals surface area contributed by atoms with E-state index >= 15 is 0 Å². The normalized spacial score (nSPS) is 17.1. The van der Waals surface area contributed by atoms with Crippen molar-refractivity contribution in [1.29, 1.82) is 0 Å². The summed E-state index contributed by atoms with van der Waals surface area (Å²) in [5.41, 5.74) is 3.87. The van der Waals surface area contributed by atoms with Gasteiger partial charge in [-0.25, -0.2) is 8.42 Å². The molecule has 2 aromatic rings. The average Bonchev–Trinajstić information content (AvgIpc) is 2.71. The van der Waals surface area contributed by atoms with Crippen LogP contribution < -0.4 is 10.0 Å². The summed E-state index contributed by atoms with van der Waals surface area (Å²) < 4.78 is 40.8. The second kappa shape index (κ2) is 10.4. The van der Waals surface area contributed by atoms with Crippen molar-refractivity contribution in [2.75, 3.05) is 17.9 Å². The third-order valence-electron chi connectivity index (χ3n) is 5.36. The number of rotatable bonds is 8. The highest BCUT2D eigenvalue weighted by molar-refractivity contribution is 7.92. The van der Waals surface area contributed by atoms with Gasteiger partial charge in [0, 0.05) is 17.6 Å². The zero-order chi connectivity index (χ0) is 20.1. The molecular weight excluding hydrogens is 411 g/mol. The smallest absolute Gasteiger partial charge is 0.261 e. The van der Waals surface area contributed by atoms with E-state index in [-0.39, 0.29) is 23.2 Å². The number of hydrogen-bond donors (Lipinski definition) is 2. The van der Waals surface area contributed by atoms with Crippen molar-refractivity contribution in [2.24, 2.45) is 0 Å². The molecule has 4 nitrogen and oxygen atoms in total. The fourth-order valence-electron chi connectivity index (χ4n) is 3.62. The molecule has 1 aliphatic carbocycles. The van der Waals surface area contributed by atoms with Gasteiger partial charge < -0.3 is 5.32 Å². The molecule has 0 spiro atoms. The number of halogens is 2. The van der Waals surface area contributed by atoms with E-state index in [9.17, 15) is 12.8 Å². The summed E-state index contributed by atoms with van der Waals surface area (Å²) >= 11 is 0. The number of hydrogen-bond acceptors (Lipinski definition) is 3. The van der Waals surface area contributed by atoms with E-state index < -0.39 is 16.7 Å². The summed E-state index contributed by atoms with van der Waals surface area (Å²) in [6.45, 7) is 4.50. The van der Waals surface area contributed by atoms with E-state index in [1.54, 1.807) is 19.1 Å². The third kappa shape index (κ3) is 5.93. The minimum atomic E-state index is -3.67. The Hall–Kier alpha value is -1.63. The average molecular weight is 441 g/mol. The fraction of sp³-hybridized carbons (Fsp3) is 0.455. The molecule has 0 aromatic heterocycles. The second-order valence-corrected chi connectivity index (χ2v) is 9.29. The van der Waals surface area contributed by atoms with Crippen molar-refractivity contribution < 1.29 is 12.8 Å². The molecule has 3 rings (SSSR count). The highest BCUT2D eigenvalue weighted by atomic mass is 35.5. The summed E-state index contributed by atoms with van der Waals surface area (Å²) in [6, 6.07) is 12.7. The minimum absolute atomic E-state index is 0. The first kappa shape index (κ1) is 23.6. The van der Waals surface area contributed by atoms with Crippen LogP contribution in [0.25, 0.3) is 0 Å². The lowest BCUT2D eigenvalue weighted by Gasteiger charge is -2.26. The van der Waals surface area contributed by atoms with E-state index in [2.05, 4.69) is 17.0 Å². The Bertz CT molecular complexity index is 904. The largest absolute Gasteiger partial charge is 0.314 e. The van der Waals surface area contributed by atoms with E-state index in [1.807, 2.05) is 18.2 Å². The fourth-order valence-corrected chi connectivity index (χ4v) is 4.67. The van der Waals surface area contributed by atoms with Gasteiger partial charge in [-0.1, -0.05) is 32.0 Å². The van der Waals surface area contributed by atoms with Gasteiger partial charge in [0.05, 0.1) is 11.6 Å². The molecule has 2 atom stereocenters. The number of sulfonamides is 1. The SMILES string of the molecule is CCCN[C@H]1CCc2cc(NS(=O)(=O)c3ccc([C@@H](C)CF)cc3)ccc2C1.Cl. The summed E-state index contributed by atoms with van der Waals surface area (Å²) in [5, 5.41) is 3.57. The van der Waals surface area contributed by atoms with Gasteiger partial charge in [-0.3, -0.25) is 9.11 Å². The molecule has 0 heterocycles. The van der Waals surface area contributed by atoms with Crippen LogP contribution in [-0.4, -0.2) is 27.7 Å². The Balaban J connectivity index is 0.00000300. The Morgan fingerprint density at radius 3 is 2.52 bits per heavy atom. The van der Waals surface area contributed by atoms with Crippen LogP contribution in [0.2, 0.25) is 0 Å². The summed E-state index contributed by atoms with van der Waals surface area (Å²) in [5.74, 6) is -0.235. The van der Waals surface area contributed by atoms with Crippen LogP contribution in [0.3, 0.4) is 0 Å². The van der Waals surface area contributed by atoms with Crippen LogP contribution in [0.15, 0.2) is 47.4 Å². The van der Waals surface area contributed by atoms with Crippen molar-refractivity contribution in [1.82, 2.24) is 5.32 Å². The lowest BCUT2D eigenvalue weighted by Crippen LogP contribution is -2.35. The number of fused-ring (bicyclic) bond motifs is 1. The van der Waals surface area contributed by atoms with Crippen molar-refractivity contribution in [3.63, 3.8) is 0 Å². The van der Waals surface area contributed by atoms with Gasteiger partial charge in [-0.05, 0) is 73.2 Å². The molecule has 7 heteroatoms. The van der Waals surface area contributed by atoms with E-state index in [0.29, 0.717) is 11.7 Å². The van der Waals surface area contributed by atoms with Crippen LogP contribution in [0.4, 0.5) is 10.1 Å². The van der Waals surface area contributed by atoms with Gasteiger partial charge in [0.1, 0.15) is 0 Å². The molecule has 0 saturated heterocycles. The van der Waals surface area contributed by atoms with Crippen LogP contribution >= 0.6 is 12.4 Å². The molecule has 2 aromatic carbocycles. The van der Waals surface area contributed by atoms with Gasteiger partial charge in [-0.2, -0.15) is 0 Å². The lowest BCUT2D eigenvalue weighted by atomic mass is 9.88. The number of anilines is 1. The topological polar surface area (TPSA) is 58.2 Å². The number of alkyl halides is 1. The zero-order valence-corrected chi connectivity index (χ0v) is 18.6. The number of nitrogens with one attached hydrogen (secondary N) is 2. The second-order valence-electron chi connectivity index (χ2n) is 7.61. The molecule has 29 heavy (non-hydrogen) atoms. The predicted molar refractivity (Wildman–Crippen MR) is 119 cm³/mol. The maximum Gasteiger partial charge on any atom is 0.261 e. The summed E-state index contributed by atoms with van der Waals surface area (Å²) in [4.78, 5) is 0.184. The molecule has 0 bridgehead atoms. The maximum atomic E-state index is 12.8. The monoisotopic (exact) mass is 440 g/mol. The van der Waals surface area contributed by atoms with Crippen LogP contribution in [0, 0.1) is 0 Å². The maximum absolute atomic E-state index is 12.8. The van der Waals surface area contributed by atoms with Crippen LogP contribution in [0.1, 0.15) is 49.3 Å². The van der Waals surface area contributed by atoms with Crippen molar-refractivity contribution in [2.45, 2.75) is 56.4 Å². The van der Waals surface area contributed by atoms with Gasteiger partial charge in [0.2, 0.25) is 0 Å². The first-order valence-corrected chi connectivity index (χ1v) is 11.4. The van der Waals surface area contributed by atoms with Crippen LogP contribution in [-0.2, 0) is 22.9 Å². The molecule has 0 aliphatic heterocycles. The highest BCUT2D eigenvalue weighted by Gasteiger charge is 2.20. The van der Waals surface area contributed by atoms with E-state index in [0.717, 1.165) is 37.8 Å². The molecule has 0 unspecified atom stereocenters. The van der Waals surface area contributed by atoms with Gasteiger partial charge in [-0.15, -0.1) is 12.4 Å². The molecule has 2 N–H and O–H groups in total. The van der Waals surface area contributed by atoms with Gasteiger partial charge in [0.25, 0.3) is 10.0 Å². The molecular formula is C22H30ClFN2O2S. The first-order chi connectivity index (χ1) is 13.4. The van der Waals surface area contributed by atoms with E-state index in [1.165, 1.54) is 23.3 Å². The zero-order valence-electron chi connectivity index (χ0n) is 16.9. The van der Waals surface area contributed by atoms with Crippen molar-refractivity contribution in [3.05, 3.63) is 59.2 Å². The quantitative estimate of drug-likeness (QED) is 0.617. The summed E-state index contributed by atoms with van der Waals surface area (Å²) in [6.07, 6.45) is 4.12. The Kier molecular flexibility index (Phi) is 8.49. The number of benzene rings is 2. The lowest BCUT2D eigenvalue weighted by molar-refractivity contribution is 0.447. The van der Waals surface area contributed by atoms with Gasteiger partial charge >= 0.3 is 0 Å². The molecule has 1 aliphatic rings. The first-order valence-electron chi connectivity index (χ1n) is 9.97. The Labute approximate surface area is 179 Å². The number of aryl methyl sites for hydroxylation is 1. The molecule has 0 amide bonds. The van der Waals surface area contributed by atoms with E-state index in [4.69, 9.17) is 0 Å². The van der Waals surface area contributed by atoms with Gasteiger partial charge in [0.15, 0.2) is 0 Å². The predicted octanol–water partition coefficient (Wildman–Crippen LogP) is 4.84.